The van der Waals surface area contributed by atoms with Crippen molar-refractivity contribution in [2.24, 2.45) is 0 Å². The molecule has 0 saturated heterocycles. The first kappa shape index (κ1) is 19.4. The lowest BCUT2D eigenvalue weighted by Gasteiger charge is -2.07. The average molecular weight is 398 g/mol. The van der Waals surface area contributed by atoms with Crippen LogP contribution in [0.1, 0.15) is 22.3 Å². The molecule has 8 nitrogen and oxygen atoms in total. The fourth-order valence-electron chi connectivity index (χ4n) is 2.46. The molecule has 28 heavy (non-hydrogen) atoms. The summed E-state index contributed by atoms with van der Waals surface area (Å²) in [7, 11) is 0. The van der Waals surface area contributed by atoms with Gasteiger partial charge >= 0.3 is 5.97 Å². The second-order valence-corrected chi connectivity index (χ2v) is 6.78. The Bertz CT molecular complexity index is 1060. The molecule has 0 bridgehead atoms. The molecule has 0 radical (unpaired) electrons. The molecule has 9 heteroatoms. The molecule has 144 valence electrons. The summed E-state index contributed by atoms with van der Waals surface area (Å²) in [6.45, 7) is 3.36. The van der Waals surface area contributed by atoms with E-state index in [0.29, 0.717) is 16.3 Å². The van der Waals surface area contributed by atoms with E-state index in [9.17, 15) is 14.4 Å². The van der Waals surface area contributed by atoms with E-state index in [1.165, 1.54) is 6.07 Å². The van der Waals surface area contributed by atoms with Crippen molar-refractivity contribution < 1.29 is 14.3 Å². The maximum atomic E-state index is 12.3. The van der Waals surface area contributed by atoms with Crippen LogP contribution in [0.3, 0.4) is 0 Å². The van der Waals surface area contributed by atoms with E-state index in [-0.39, 0.29) is 18.3 Å². The molecule has 3 rings (SSSR count). The van der Waals surface area contributed by atoms with Crippen LogP contribution in [0.15, 0.2) is 47.3 Å². The van der Waals surface area contributed by atoms with Crippen molar-refractivity contribution in [3.8, 4) is 11.3 Å². The van der Waals surface area contributed by atoms with E-state index in [1.54, 1.807) is 19.9 Å². The minimum absolute atomic E-state index is 0.254. The van der Waals surface area contributed by atoms with Crippen LogP contribution in [-0.2, 0) is 16.1 Å². The summed E-state index contributed by atoms with van der Waals surface area (Å²) >= 11 is 1.03. The molecular formula is C19H18N4O4S. The number of ether oxygens (including phenoxy) is 1. The molecule has 2 heterocycles. The number of carbonyl (C=O) groups excluding carboxylic acids is 2. The number of nitrogens with one attached hydrogen (secondary N) is 1. The molecule has 0 aliphatic carbocycles. The first-order valence-corrected chi connectivity index (χ1v) is 9.37. The Hall–Kier alpha value is -3.33. The van der Waals surface area contributed by atoms with Crippen molar-refractivity contribution in [1.29, 1.82) is 0 Å². The molecule has 1 aromatic carbocycles. The van der Waals surface area contributed by atoms with E-state index < -0.39 is 17.4 Å². The number of carbonyl (C=O) groups is 2. The first-order chi connectivity index (χ1) is 13.5. The average Bonchev–Trinajstić information content (AvgIpc) is 3.04. The van der Waals surface area contributed by atoms with Gasteiger partial charge in [-0.05, 0) is 19.9 Å². The number of anilines is 1. The van der Waals surface area contributed by atoms with Crippen LogP contribution in [0, 0.1) is 6.92 Å². The van der Waals surface area contributed by atoms with E-state index in [2.05, 4.69) is 15.4 Å². The number of hydrogen-bond acceptors (Lipinski definition) is 7. The second kappa shape index (κ2) is 8.57. The molecule has 0 saturated carbocycles. The normalized spacial score (nSPS) is 10.5. The van der Waals surface area contributed by atoms with Crippen molar-refractivity contribution in [2.75, 3.05) is 11.9 Å². The third kappa shape index (κ3) is 4.49. The maximum absolute atomic E-state index is 12.3. The Balaban J connectivity index is 1.74. The van der Waals surface area contributed by atoms with Gasteiger partial charge in [0.05, 0.1) is 18.0 Å². The van der Waals surface area contributed by atoms with Crippen LogP contribution >= 0.6 is 11.3 Å². The van der Waals surface area contributed by atoms with Crippen LogP contribution in [0.25, 0.3) is 11.3 Å². The van der Waals surface area contributed by atoms with Crippen molar-refractivity contribution in [2.45, 2.75) is 20.4 Å². The van der Waals surface area contributed by atoms with Crippen LogP contribution in [-0.4, -0.2) is 33.2 Å². The second-order valence-electron chi connectivity index (χ2n) is 5.78. The number of esters is 1. The highest BCUT2D eigenvalue weighted by atomic mass is 32.1. The molecule has 0 aliphatic heterocycles. The number of aromatic nitrogens is 3. The van der Waals surface area contributed by atoms with Gasteiger partial charge in [0.1, 0.15) is 11.4 Å². The van der Waals surface area contributed by atoms with E-state index in [4.69, 9.17) is 4.74 Å². The highest BCUT2D eigenvalue weighted by Crippen LogP contribution is 2.23. The third-order valence-corrected chi connectivity index (χ3v) is 4.79. The fourth-order valence-corrected chi connectivity index (χ4v) is 3.33. The zero-order valence-electron chi connectivity index (χ0n) is 15.3. The summed E-state index contributed by atoms with van der Waals surface area (Å²) in [6, 6.07) is 12.3. The summed E-state index contributed by atoms with van der Waals surface area (Å²) in [5, 5.41) is 7.11. The SMILES string of the molecule is CCOC(=O)c1sc(NC(=O)Cn2nc(-c3ccccc3)ccc2=O)nc1C. The van der Waals surface area contributed by atoms with Gasteiger partial charge in [-0.3, -0.25) is 9.59 Å². The molecule has 0 fully saturated rings. The van der Waals surface area contributed by atoms with Crippen molar-refractivity contribution in [1.82, 2.24) is 14.8 Å². The number of rotatable bonds is 6. The highest BCUT2D eigenvalue weighted by Gasteiger charge is 2.18. The van der Waals surface area contributed by atoms with Gasteiger partial charge in [0.2, 0.25) is 5.91 Å². The third-order valence-electron chi connectivity index (χ3n) is 3.73. The van der Waals surface area contributed by atoms with Gasteiger partial charge in [-0.1, -0.05) is 41.7 Å². The predicted octanol–water partition coefficient (Wildman–Crippen LogP) is 2.49. The Morgan fingerprint density at radius 1 is 1.18 bits per heavy atom. The molecular weight excluding hydrogens is 380 g/mol. The molecule has 0 unspecified atom stereocenters. The largest absolute Gasteiger partial charge is 0.462 e. The molecule has 3 aromatic rings. The summed E-state index contributed by atoms with van der Waals surface area (Å²) in [5.41, 5.74) is 1.51. The quantitative estimate of drug-likeness (QED) is 0.640. The number of thiazole rings is 1. The van der Waals surface area contributed by atoms with Gasteiger partial charge in [-0.2, -0.15) is 5.10 Å². The Morgan fingerprint density at radius 3 is 2.64 bits per heavy atom. The number of amides is 1. The van der Waals surface area contributed by atoms with Gasteiger partial charge in [0, 0.05) is 11.6 Å². The summed E-state index contributed by atoms with van der Waals surface area (Å²) in [4.78, 5) is 40.7. The smallest absolute Gasteiger partial charge is 0.350 e. The number of nitrogens with zero attached hydrogens (tertiary/aromatic N) is 3. The van der Waals surface area contributed by atoms with Gasteiger partial charge in [-0.25, -0.2) is 14.5 Å². The number of hydrogen-bond donors (Lipinski definition) is 1. The summed E-state index contributed by atoms with van der Waals surface area (Å²) in [5.74, 6) is -0.949. The van der Waals surface area contributed by atoms with Gasteiger partial charge < -0.3 is 10.1 Å². The minimum Gasteiger partial charge on any atom is -0.462 e. The Labute approximate surface area is 164 Å². The molecule has 0 atom stereocenters. The maximum Gasteiger partial charge on any atom is 0.350 e. The summed E-state index contributed by atoms with van der Waals surface area (Å²) in [6.07, 6.45) is 0. The van der Waals surface area contributed by atoms with E-state index in [1.807, 2.05) is 30.3 Å². The number of benzene rings is 1. The molecule has 1 amide bonds. The zero-order chi connectivity index (χ0) is 20.1. The van der Waals surface area contributed by atoms with Crippen LogP contribution < -0.4 is 10.9 Å². The highest BCUT2D eigenvalue weighted by molar-refractivity contribution is 7.17. The van der Waals surface area contributed by atoms with Gasteiger partial charge in [0.15, 0.2) is 5.13 Å². The van der Waals surface area contributed by atoms with Crippen LogP contribution in [0.4, 0.5) is 5.13 Å². The topological polar surface area (TPSA) is 103 Å². The number of aryl methyl sites for hydroxylation is 1. The minimum atomic E-state index is -0.480. The molecule has 0 aliphatic rings. The fraction of sp³-hybridized carbons (Fsp3) is 0.211. The van der Waals surface area contributed by atoms with Gasteiger partial charge in [0.25, 0.3) is 5.56 Å². The molecule has 1 N–H and O–H groups in total. The lowest BCUT2D eigenvalue weighted by molar-refractivity contribution is -0.117. The van der Waals surface area contributed by atoms with Crippen molar-refractivity contribution in [3.05, 3.63) is 63.4 Å². The lowest BCUT2D eigenvalue weighted by Crippen LogP contribution is -2.29. The monoisotopic (exact) mass is 398 g/mol. The molecule has 2 aromatic heterocycles. The van der Waals surface area contributed by atoms with Crippen LogP contribution in [0.5, 0.6) is 0 Å². The Morgan fingerprint density at radius 2 is 1.93 bits per heavy atom. The first-order valence-electron chi connectivity index (χ1n) is 8.56. The van der Waals surface area contributed by atoms with Gasteiger partial charge in [-0.15, -0.1) is 0 Å². The zero-order valence-corrected chi connectivity index (χ0v) is 16.2. The Kier molecular flexibility index (Phi) is 5.95. The van der Waals surface area contributed by atoms with E-state index >= 15 is 0 Å². The molecule has 0 spiro atoms. The standard InChI is InChI=1S/C19H18N4O4S/c1-3-27-18(26)17-12(2)20-19(28-17)21-15(24)11-23-16(25)10-9-14(22-23)13-7-5-4-6-8-13/h4-10H,3,11H2,1-2H3,(H,20,21,24). The lowest BCUT2D eigenvalue weighted by atomic mass is 10.1. The van der Waals surface area contributed by atoms with Crippen molar-refractivity contribution >= 4 is 28.3 Å². The van der Waals surface area contributed by atoms with E-state index in [0.717, 1.165) is 21.6 Å². The summed E-state index contributed by atoms with van der Waals surface area (Å²) < 4.78 is 6.04. The van der Waals surface area contributed by atoms with Crippen molar-refractivity contribution in [3.63, 3.8) is 0 Å². The predicted molar refractivity (Wildman–Crippen MR) is 105 cm³/mol. The van der Waals surface area contributed by atoms with Crippen LogP contribution in [0.2, 0.25) is 0 Å².